The van der Waals surface area contributed by atoms with Crippen LogP contribution in [0.25, 0.3) is 0 Å². The van der Waals surface area contributed by atoms with Crippen LogP contribution in [0.1, 0.15) is 21.5 Å². The summed E-state index contributed by atoms with van der Waals surface area (Å²) in [6.45, 7) is 2.66. The Bertz CT molecular complexity index is 443. The number of hydrogen-bond donors (Lipinski definition) is 2. The van der Waals surface area contributed by atoms with Gasteiger partial charge in [-0.1, -0.05) is 12.1 Å². The first-order valence-corrected chi connectivity index (χ1v) is 5.32. The molecule has 1 atom stereocenters. The van der Waals surface area contributed by atoms with Crippen LogP contribution in [-0.2, 0) is 0 Å². The monoisotopic (exact) mass is 261 g/mol. The maximum absolute atomic E-state index is 12.0. The van der Waals surface area contributed by atoms with Gasteiger partial charge in [0.25, 0.3) is 5.91 Å². The van der Waals surface area contributed by atoms with Crippen LogP contribution in [0.3, 0.4) is 0 Å². The fraction of sp³-hybridized carbons (Fsp3) is 0.417. The number of rotatable bonds is 3. The first-order valence-electron chi connectivity index (χ1n) is 5.32. The second-order valence-electron chi connectivity index (χ2n) is 4.01. The molecular weight excluding hydrogens is 247 g/mol. The molecule has 6 heteroatoms. The van der Waals surface area contributed by atoms with Crippen molar-refractivity contribution >= 4 is 5.91 Å². The molecule has 1 rings (SSSR count). The predicted molar refractivity (Wildman–Crippen MR) is 60.3 cm³/mol. The summed E-state index contributed by atoms with van der Waals surface area (Å²) in [5.74, 6) is -0.625. The van der Waals surface area contributed by atoms with E-state index in [1.54, 1.807) is 26.0 Å². The van der Waals surface area contributed by atoms with Gasteiger partial charge >= 0.3 is 6.18 Å². The number of aliphatic hydroxyl groups is 1. The van der Waals surface area contributed by atoms with Gasteiger partial charge in [0.15, 0.2) is 6.10 Å². The minimum atomic E-state index is -4.73. The van der Waals surface area contributed by atoms with Crippen molar-refractivity contribution in [3.05, 3.63) is 34.9 Å². The van der Waals surface area contributed by atoms with Crippen LogP contribution in [0.4, 0.5) is 13.2 Å². The molecule has 0 bridgehead atoms. The molecule has 18 heavy (non-hydrogen) atoms. The van der Waals surface area contributed by atoms with Gasteiger partial charge in [-0.3, -0.25) is 4.79 Å². The molecule has 0 spiro atoms. The normalized spacial score (nSPS) is 13.2. The Morgan fingerprint density at radius 3 is 2.56 bits per heavy atom. The molecule has 0 aliphatic heterocycles. The number of carbonyl (C=O) groups excluding carboxylic acids is 1. The summed E-state index contributed by atoms with van der Waals surface area (Å²) >= 11 is 0. The number of aliphatic hydroxyl groups excluding tert-OH is 1. The average Bonchev–Trinajstić information content (AvgIpc) is 2.27. The minimum Gasteiger partial charge on any atom is -0.382 e. The van der Waals surface area contributed by atoms with E-state index in [4.69, 9.17) is 5.11 Å². The van der Waals surface area contributed by atoms with Gasteiger partial charge in [0.2, 0.25) is 0 Å². The molecule has 2 N–H and O–H groups in total. The molecule has 0 aromatic heterocycles. The smallest absolute Gasteiger partial charge is 0.382 e. The molecule has 0 saturated heterocycles. The number of benzene rings is 1. The first-order chi connectivity index (χ1) is 8.23. The molecule has 1 aromatic carbocycles. The highest BCUT2D eigenvalue weighted by Crippen LogP contribution is 2.19. The zero-order valence-electron chi connectivity index (χ0n) is 10.0. The van der Waals surface area contributed by atoms with Crippen LogP contribution < -0.4 is 5.32 Å². The van der Waals surface area contributed by atoms with Crippen LogP contribution in [0.15, 0.2) is 18.2 Å². The van der Waals surface area contributed by atoms with Crippen LogP contribution in [0.5, 0.6) is 0 Å². The molecule has 0 fully saturated rings. The van der Waals surface area contributed by atoms with Crippen molar-refractivity contribution in [3.8, 4) is 0 Å². The summed E-state index contributed by atoms with van der Waals surface area (Å²) in [6, 6.07) is 4.98. The molecule has 0 aliphatic rings. The van der Waals surface area contributed by atoms with Crippen molar-refractivity contribution in [2.75, 3.05) is 6.54 Å². The van der Waals surface area contributed by atoms with Gasteiger partial charge in [-0.2, -0.15) is 13.2 Å². The summed E-state index contributed by atoms with van der Waals surface area (Å²) in [5.41, 5.74) is 1.89. The van der Waals surface area contributed by atoms with Gasteiger partial charge in [0.1, 0.15) is 0 Å². The third kappa shape index (κ3) is 3.46. The van der Waals surface area contributed by atoms with Crippen LogP contribution in [0, 0.1) is 13.8 Å². The summed E-state index contributed by atoms with van der Waals surface area (Å²) in [6.07, 6.45) is -7.28. The highest BCUT2D eigenvalue weighted by atomic mass is 19.4. The van der Waals surface area contributed by atoms with Crippen molar-refractivity contribution in [2.45, 2.75) is 26.1 Å². The average molecular weight is 261 g/mol. The Balaban J connectivity index is 2.70. The topological polar surface area (TPSA) is 49.3 Å². The molecule has 3 nitrogen and oxygen atoms in total. The van der Waals surface area contributed by atoms with Crippen molar-refractivity contribution in [1.82, 2.24) is 5.32 Å². The number of aryl methyl sites for hydroxylation is 1. The number of alkyl halides is 3. The summed E-state index contributed by atoms with van der Waals surface area (Å²) in [4.78, 5) is 11.7. The number of nitrogens with one attached hydrogen (secondary N) is 1. The zero-order chi connectivity index (χ0) is 13.9. The van der Waals surface area contributed by atoms with Gasteiger partial charge in [0.05, 0.1) is 6.54 Å². The van der Waals surface area contributed by atoms with E-state index in [-0.39, 0.29) is 0 Å². The number of hydrogen-bond acceptors (Lipinski definition) is 2. The van der Waals surface area contributed by atoms with E-state index in [9.17, 15) is 18.0 Å². The van der Waals surface area contributed by atoms with E-state index in [0.29, 0.717) is 11.1 Å². The third-order valence-corrected chi connectivity index (χ3v) is 2.68. The third-order valence-electron chi connectivity index (χ3n) is 2.68. The van der Waals surface area contributed by atoms with E-state index in [0.717, 1.165) is 5.56 Å². The maximum atomic E-state index is 12.0. The molecule has 1 amide bonds. The Morgan fingerprint density at radius 1 is 1.39 bits per heavy atom. The van der Waals surface area contributed by atoms with Crippen LogP contribution in [-0.4, -0.2) is 29.8 Å². The Morgan fingerprint density at radius 2 is 2.00 bits per heavy atom. The SMILES string of the molecule is Cc1cccc(C(=O)NCC(O)C(F)(F)F)c1C. The molecule has 1 aromatic rings. The summed E-state index contributed by atoms with van der Waals surface area (Å²) in [7, 11) is 0. The fourth-order valence-electron chi connectivity index (χ4n) is 1.40. The Kier molecular flexibility index (Phi) is 4.34. The molecule has 0 aliphatic carbocycles. The fourth-order valence-corrected chi connectivity index (χ4v) is 1.40. The lowest BCUT2D eigenvalue weighted by Crippen LogP contribution is -2.40. The summed E-state index contributed by atoms with van der Waals surface area (Å²) < 4.78 is 36.1. The Hall–Kier alpha value is -1.56. The van der Waals surface area contributed by atoms with E-state index in [1.165, 1.54) is 6.07 Å². The van der Waals surface area contributed by atoms with E-state index >= 15 is 0 Å². The Labute approximate surface area is 103 Å². The molecular formula is C12H14F3NO2. The van der Waals surface area contributed by atoms with Crippen LogP contribution >= 0.6 is 0 Å². The van der Waals surface area contributed by atoms with Gasteiger partial charge in [-0.05, 0) is 31.0 Å². The lowest BCUT2D eigenvalue weighted by Gasteiger charge is -2.15. The summed E-state index contributed by atoms with van der Waals surface area (Å²) in [5, 5.41) is 10.8. The minimum absolute atomic E-state index is 0.310. The maximum Gasteiger partial charge on any atom is 0.416 e. The quantitative estimate of drug-likeness (QED) is 0.873. The highest BCUT2D eigenvalue weighted by molar-refractivity contribution is 5.95. The zero-order valence-corrected chi connectivity index (χ0v) is 10.0. The largest absolute Gasteiger partial charge is 0.416 e. The number of amides is 1. The molecule has 0 saturated carbocycles. The standard InChI is InChI=1S/C12H14F3NO2/c1-7-4-3-5-9(8(7)2)11(18)16-6-10(17)12(13,14)15/h3-5,10,17H,6H2,1-2H3,(H,16,18). The van der Waals surface area contributed by atoms with Crippen LogP contribution in [0.2, 0.25) is 0 Å². The van der Waals surface area contributed by atoms with Gasteiger partial charge < -0.3 is 10.4 Å². The van der Waals surface area contributed by atoms with Crippen molar-refractivity contribution in [3.63, 3.8) is 0 Å². The molecule has 0 radical (unpaired) electrons. The first kappa shape index (κ1) is 14.5. The van der Waals surface area contributed by atoms with E-state index in [1.807, 2.05) is 0 Å². The van der Waals surface area contributed by atoms with Crippen molar-refractivity contribution in [1.29, 1.82) is 0 Å². The van der Waals surface area contributed by atoms with Crippen molar-refractivity contribution in [2.24, 2.45) is 0 Å². The van der Waals surface area contributed by atoms with Gasteiger partial charge in [0, 0.05) is 5.56 Å². The van der Waals surface area contributed by atoms with E-state index < -0.39 is 24.7 Å². The van der Waals surface area contributed by atoms with E-state index in [2.05, 4.69) is 5.32 Å². The van der Waals surface area contributed by atoms with Gasteiger partial charge in [-0.25, -0.2) is 0 Å². The second-order valence-corrected chi connectivity index (χ2v) is 4.01. The highest BCUT2D eigenvalue weighted by Gasteiger charge is 2.38. The van der Waals surface area contributed by atoms with Gasteiger partial charge in [-0.15, -0.1) is 0 Å². The van der Waals surface area contributed by atoms with Crippen molar-refractivity contribution < 1.29 is 23.1 Å². The molecule has 0 heterocycles. The lowest BCUT2D eigenvalue weighted by atomic mass is 10.0. The second kappa shape index (κ2) is 5.39. The predicted octanol–water partition coefficient (Wildman–Crippen LogP) is 1.96. The molecule has 1 unspecified atom stereocenters. The molecule has 100 valence electrons. The number of halogens is 3. The lowest BCUT2D eigenvalue weighted by molar-refractivity contribution is -0.201. The number of carbonyl (C=O) groups is 1.